The number of para-hydroxylation sites is 1. The number of piperidine rings is 1. The van der Waals surface area contributed by atoms with Crippen molar-refractivity contribution in [2.75, 3.05) is 24.5 Å². The van der Waals surface area contributed by atoms with E-state index in [1.165, 1.54) is 50.9 Å². The van der Waals surface area contributed by atoms with Crippen LogP contribution in [-0.4, -0.2) is 36.6 Å². The van der Waals surface area contributed by atoms with Crippen LogP contribution in [0.1, 0.15) is 44.2 Å². The normalized spacial score (nSPS) is 20.8. The van der Waals surface area contributed by atoms with Crippen LogP contribution < -0.4 is 4.90 Å². The largest absolute Gasteiger partial charge is 0.366 e. The predicted molar refractivity (Wildman–Crippen MR) is 115 cm³/mol. The third kappa shape index (κ3) is 4.38. The van der Waals surface area contributed by atoms with Crippen LogP contribution in [0.2, 0.25) is 0 Å². The molecule has 144 valence electrons. The lowest BCUT2D eigenvalue weighted by Crippen LogP contribution is -2.50. The number of fused-ring (bicyclic) bond motifs is 1. The van der Waals surface area contributed by atoms with Crippen molar-refractivity contribution in [3.63, 3.8) is 0 Å². The lowest BCUT2D eigenvalue weighted by molar-refractivity contribution is 0.133. The Balaban J connectivity index is 1.56. The van der Waals surface area contributed by atoms with Gasteiger partial charge in [0, 0.05) is 30.9 Å². The van der Waals surface area contributed by atoms with Gasteiger partial charge in [0.1, 0.15) is 0 Å². The molecule has 0 aromatic heterocycles. The first-order valence-corrected chi connectivity index (χ1v) is 10.8. The van der Waals surface area contributed by atoms with Crippen LogP contribution in [0.25, 0.3) is 0 Å². The molecular formula is C25H34N2. The van der Waals surface area contributed by atoms with Crippen LogP contribution >= 0.6 is 0 Å². The lowest BCUT2D eigenvalue weighted by atomic mass is 9.98. The molecule has 27 heavy (non-hydrogen) atoms. The van der Waals surface area contributed by atoms with Crippen LogP contribution in [0.3, 0.4) is 0 Å². The fraction of sp³-hybridized carbons (Fsp3) is 0.520. The second-order valence-electron chi connectivity index (χ2n) is 8.86. The number of nitrogens with zero attached hydrogens (tertiary/aromatic N) is 2. The molecule has 0 spiro atoms. The Labute approximate surface area is 165 Å². The fourth-order valence-corrected chi connectivity index (χ4v) is 5.04. The molecule has 1 unspecified atom stereocenters. The lowest BCUT2D eigenvalue weighted by Gasteiger charge is -2.42. The van der Waals surface area contributed by atoms with Crippen molar-refractivity contribution in [3.05, 3.63) is 65.7 Å². The highest BCUT2D eigenvalue weighted by atomic mass is 15.2. The van der Waals surface area contributed by atoms with Gasteiger partial charge in [-0.05, 0) is 61.4 Å². The Hall–Kier alpha value is -1.80. The minimum atomic E-state index is 0.590. The van der Waals surface area contributed by atoms with Crippen molar-refractivity contribution in [3.8, 4) is 0 Å². The van der Waals surface area contributed by atoms with Gasteiger partial charge in [-0.3, -0.25) is 4.90 Å². The predicted octanol–water partition coefficient (Wildman–Crippen LogP) is 5.17. The first kappa shape index (κ1) is 18.6. The molecule has 2 aromatic rings. The van der Waals surface area contributed by atoms with E-state index < -0.39 is 0 Å². The Kier molecular flexibility index (Phi) is 5.83. The number of rotatable bonds is 6. The summed E-state index contributed by atoms with van der Waals surface area (Å²) >= 11 is 0. The van der Waals surface area contributed by atoms with Crippen LogP contribution in [0.4, 0.5) is 5.69 Å². The summed E-state index contributed by atoms with van der Waals surface area (Å²) < 4.78 is 0. The van der Waals surface area contributed by atoms with Gasteiger partial charge in [-0.2, -0.15) is 0 Å². The van der Waals surface area contributed by atoms with Crippen molar-refractivity contribution in [2.45, 2.75) is 58.0 Å². The second kappa shape index (κ2) is 8.48. The molecule has 1 heterocycles. The third-order valence-corrected chi connectivity index (χ3v) is 6.31. The van der Waals surface area contributed by atoms with Crippen molar-refractivity contribution in [1.82, 2.24) is 4.90 Å². The summed E-state index contributed by atoms with van der Waals surface area (Å²) in [5, 5.41) is 0. The van der Waals surface area contributed by atoms with Gasteiger partial charge in [-0.1, -0.05) is 62.7 Å². The fourth-order valence-electron chi connectivity index (χ4n) is 5.04. The standard InChI is InChI=1S/C25H34N2/c1-20(2)18-26-15-9-8-14-24(26)19-27(23-12-4-3-5-13-23)25-16-21-10-6-7-11-22(21)17-25/h3-7,10-13,20,24-25H,8-9,14-19H2,1-2H3. The van der Waals surface area contributed by atoms with Crippen LogP contribution in [0.15, 0.2) is 54.6 Å². The van der Waals surface area contributed by atoms with Gasteiger partial charge >= 0.3 is 0 Å². The highest BCUT2D eigenvalue weighted by Gasteiger charge is 2.31. The molecule has 2 aromatic carbocycles. The molecule has 1 aliphatic carbocycles. The molecule has 1 aliphatic heterocycles. The molecule has 1 fully saturated rings. The number of anilines is 1. The van der Waals surface area contributed by atoms with E-state index in [0.29, 0.717) is 12.1 Å². The topological polar surface area (TPSA) is 6.48 Å². The minimum Gasteiger partial charge on any atom is -0.366 e. The SMILES string of the molecule is CC(C)CN1CCCCC1CN(c1ccccc1)C1Cc2ccccc2C1. The zero-order chi connectivity index (χ0) is 18.6. The van der Waals surface area contributed by atoms with Gasteiger partial charge in [-0.25, -0.2) is 0 Å². The summed E-state index contributed by atoms with van der Waals surface area (Å²) in [7, 11) is 0. The number of hydrogen-bond acceptors (Lipinski definition) is 2. The third-order valence-electron chi connectivity index (χ3n) is 6.31. The van der Waals surface area contributed by atoms with E-state index in [0.717, 1.165) is 12.5 Å². The van der Waals surface area contributed by atoms with Crippen LogP contribution in [0, 0.1) is 5.92 Å². The highest BCUT2D eigenvalue weighted by molar-refractivity contribution is 5.50. The molecule has 4 rings (SSSR count). The molecule has 1 saturated heterocycles. The first-order valence-electron chi connectivity index (χ1n) is 10.8. The molecule has 0 amide bonds. The van der Waals surface area contributed by atoms with Gasteiger partial charge in [0.15, 0.2) is 0 Å². The van der Waals surface area contributed by atoms with Crippen LogP contribution in [0.5, 0.6) is 0 Å². The Morgan fingerprint density at radius 2 is 1.59 bits per heavy atom. The molecule has 2 heteroatoms. The summed E-state index contributed by atoms with van der Waals surface area (Å²) in [6, 6.07) is 21.4. The average Bonchev–Trinajstić information content (AvgIpc) is 3.11. The van der Waals surface area contributed by atoms with E-state index in [4.69, 9.17) is 0 Å². The maximum atomic E-state index is 2.77. The second-order valence-corrected chi connectivity index (χ2v) is 8.86. The zero-order valence-electron chi connectivity index (χ0n) is 17.0. The quantitative estimate of drug-likeness (QED) is 0.699. The van der Waals surface area contributed by atoms with Gasteiger partial charge in [0.25, 0.3) is 0 Å². The van der Waals surface area contributed by atoms with Gasteiger partial charge in [0.05, 0.1) is 0 Å². The Morgan fingerprint density at radius 1 is 0.926 bits per heavy atom. The van der Waals surface area contributed by atoms with E-state index in [-0.39, 0.29) is 0 Å². The van der Waals surface area contributed by atoms with Gasteiger partial charge < -0.3 is 4.90 Å². The summed E-state index contributed by atoms with van der Waals surface area (Å²) in [6.07, 6.45) is 6.45. The van der Waals surface area contributed by atoms with Crippen LogP contribution in [-0.2, 0) is 12.8 Å². The smallest absolute Gasteiger partial charge is 0.0371 e. The molecule has 0 saturated carbocycles. The Bertz CT molecular complexity index is 699. The molecule has 1 atom stereocenters. The summed E-state index contributed by atoms with van der Waals surface area (Å²) in [5.41, 5.74) is 4.49. The van der Waals surface area contributed by atoms with Crippen molar-refractivity contribution >= 4 is 5.69 Å². The monoisotopic (exact) mass is 362 g/mol. The molecule has 0 radical (unpaired) electrons. The molecule has 2 aliphatic rings. The average molecular weight is 363 g/mol. The van der Waals surface area contributed by atoms with E-state index in [2.05, 4.69) is 78.2 Å². The van der Waals surface area contributed by atoms with Crippen molar-refractivity contribution in [2.24, 2.45) is 5.92 Å². The van der Waals surface area contributed by atoms with E-state index >= 15 is 0 Å². The first-order chi connectivity index (χ1) is 13.2. The maximum Gasteiger partial charge on any atom is 0.0371 e. The van der Waals surface area contributed by atoms with Crippen molar-refractivity contribution < 1.29 is 0 Å². The maximum absolute atomic E-state index is 2.77. The zero-order valence-corrected chi connectivity index (χ0v) is 17.0. The van der Waals surface area contributed by atoms with Crippen molar-refractivity contribution in [1.29, 1.82) is 0 Å². The number of hydrogen-bond donors (Lipinski definition) is 0. The molecular weight excluding hydrogens is 328 g/mol. The summed E-state index contributed by atoms with van der Waals surface area (Å²) in [4.78, 5) is 5.50. The molecule has 0 N–H and O–H groups in total. The van der Waals surface area contributed by atoms with E-state index in [1.807, 2.05) is 0 Å². The Morgan fingerprint density at radius 3 is 2.26 bits per heavy atom. The van der Waals surface area contributed by atoms with E-state index in [9.17, 15) is 0 Å². The molecule has 2 nitrogen and oxygen atoms in total. The summed E-state index contributed by atoms with van der Waals surface area (Å²) in [5.74, 6) is 0.742. The minimum absolute atomic E-state index is 0.590. The van der Waals surface area contributed by atoms with Gasteiger partial charge in [-0.15, -0.1) is 0 Å². The van der Waals surface area contributed by atoms with E-state index in [1.54, 1.807) is 11.1 Å². The number of benzene rings is 2. The molecule has 0 bridgehead atoms. The van der Waals surface area contributed by atoms with Gasteiger partial charge in [0.2, 0.25) is 0 Å². The number of likely N-dealkylation sites (tertiary alicyclic amines) is 1. The highest BCUT2D eigenvalue weighted by Crippen LogP contribution is 2.30. The summed E-state index contributed by atoms with van der Waals surface area (Å²) in [6.45, 7) is 8.38.